The second-order valence-corrected chi connectivity index (χ2v) is 7.32. The molecule has 0 radical (unpaired) electrons. The molecule has 1 fully saturated rings. The average Bonchev–Trinajstić information content (AvgIpc) is 2.88. The maximum atomic E-state index is 6.37. The molecule has 146 valence electrons. The third-order valence-electron chi connectivity index (χ3n) is 4.83. The highest BCUT2D eigenvalue weighted by molar-refractivity contribution is 5.40. The highest BCUT2D eigenvalue weighted by atomic mass is 16.5. The van der Waals surface area contributed by atoms with E-state index >= 15 is 0 Å². The van der Waals surface area contributed by atoms with Gasteiger partial charge in [-0.2, -0.15) is 0 Å². The van der Waals surface area contributed by atoms with E-state index in [0.717, 1.165) is 60.3 Å². The zero-order valence-corrected chi connectivity index (χ0v) is 16.7. The average molecular weight is 371 g/mol. The number of nitrogens with one attached hydrogen (secondary N) is 2. The van der Waals surface area contributed by atoms with Crippen LogP contribution >= 0.6 is 0 Å². The second kappa shape index (κ2) is 9.08. The second-order valence-electron chi connectivity index (χ2n) is 7.32. The van der Waals surface area contributed by atoms with Crippen molar-refractivity contribution in [3.05, 3.63) is 35.2 Å². The van der Waals surface area contributed by atoms with Crippen molar-refractivity contribution in [3.8, 4) is 0 Å². The van der Waals surface area contributed by atoms with Gasteiger partial charge in [-0.15, -0.1) is 0 Å². The fraction of sp³-hybridized carbons (Fsp3) is 0.600. The highest BCUT2D eigenvalue weighted by Gasteiger charge is 2.21. The summed E-state index contributed by atoms with van der Waals surface area (Å²) >= 11 is 0. The van der Waals surface area contributed by atoms with Gasteiger partial charge < -0.3 is 15.4 Å². The van der Waals surface area contributed by atoms with Crippen molar-refractivity contribution >= 4 is 11.6 Å². The van der Waals surface area contributed by atoms with Gasteiger partial charge in [0.2, 0.25) is 0 Å². The molecule has 7 heteroatoms. The summed E-state index contributed by atoms with van der Waals surface area (Å²) in [6.07, 6.45) is 8.42. The van der Waals surface area contributed by atoms with Crippen LogP contribution in [0.3, 0.4) is 0 Å². The van der Waals surface area contributed by atoms with Crippen molar-refractivity contribution in [2.24, 2.45) is 0 Å². The molecule has 1 aliphatic heterocycles. The summed E-state index contributed by atoms with van der Waals surface area (Å²) in [5, 5.41) is 6.84. The minimum absolute atomic E-state index is 0.172. The summed E-state index contributed by atoms with van der Waals surface area (Å²) < 4.78 is 6.37. The Balaban J connectivity index is 1.55. The van der Waals surface area contributed by atoms with Crippen LogP contribution in [-0.4, -0.2) is 45.2 Å². The fourth-order valence-corrected chi connectivity index (χ4v) is 3.28. The van der Waals surface area contributed by atoms with Gasteiger partial charge in [0.1, 0.15) is 11.6 Å². The van der Waals surface area contributed by atoms with Gasteiger partial charge in [-0.1, -0.05) is 12.8 Å². The Morgan fingerprint density at radius 3 is 1.70 bits per heavy atom. The van der Waals surface area contributed by atoms with E-state index in [2.05, 4.69) is 30.6 Å². The quantitative estimate of drug-likeness (QED) is 0.806. The third-order valence-corrected chi connectivity index (χ3v) is 4.83. The molecule has 0 bridgehead atoms. The van der Waals surface area contributed by atoms with Crippen LogP contribution in [0.1, 0.15) is 48.5 Å². The number of rotatable bonds is 6. The number of anilines is 2. The first kappa shape index (κ1) is 19.5. The predicted octanol–water partition coefficient (Wildman–Crippen LogP) is 3.35. The molecular formula is C20H30N6O. The lowest BCUT2D eigenvalue weighted by Crippen LogP contribution is -2.31. The van der Waals surface area contributed by atoms with Crippen LogP contribution in [-0.2, 0) is 4.74 Å². The number of aryl methyl sites for hydroxylation is 4. The van der Waals surface area contributed by atoms with Crippen LogP contribution in [0.25, 0.3) is 0 Å². The first-order valence-electron chi connectivity index (χ1n) is 9.75. The molecule has 1 aliphatic rings. The lowest BCUT2D eigenvalue weighted by atomic mass is 10.1. The van der Waals surface area contributed by atoms with Crippen molar-refractivity contribution in [1.82, 2.24) is 19.9 Å². The van der Waals surface area contributed by atoms with Crippen LogP contribution in [0, 0.1) is 27.7 Å². The molecule has 0 aliphatic carbocycles. The Kier molecular flexibility index (Phi) is 6.55. The van der Waals surface area contributed by atoms with E-state index in [-0.39, 0.29) is 12.2 Å². The molecule has 2 aromatic heterocycles. The molecule has 0 saturated carbocycles. The van der Waals surface area contributed by atoms with E-state index in [0.29, 0.717) is 0 Å². The Morgan fingerprint density at radius 2 is 1.26 bits per heavy atom. The van der Waals surface area contributed by atoms with Gasteiger partial charge in [0.25, 0.3) is 0 Å². The number of hydrogen-bond acceptors (Lipinski definition) is 7. The molecule has 0 aromatic carbocycles. The predicted molar refractivity (Wildman–Crippen MR) is 107 cm³/mol. The van der Waals surface area contributed by atoms with Crippen molar-refractivity contribution in [2.45, 2.75) is 65.6 Å². The van der Waals surface area contributed by atoms with Crippen LogP contribution in [0.4, 0.5) is 11.6 Å². The zero-order valence-electron chi connectivity index (χ0n) is 16.7. The van der Waals surface area contributed by atoms with Crippen LogP contribution < -0.4 is 10.6 Å². The summed E-state index contributed by atoms with van der Waals surface area (Å²) in [5.41, 5.74) is 3.67. The van der Waals surface area contributed by atoms with Gasteiger partial charge in [0.05, 0.1) is 35.0 Å². The Morgan fingerprint density at radius 1 is 0.815 bits per heavy atom. The number of aromatic nitrogens is 4. The molecule has 2 aromatic rings. The zero-order chi connectivity index (χ0) is 19.2. The summed E-state index contributed by atoms with van der Waals surface area (Å²) in [7, 11) is 0. The molecular weight excluding hydrogens is 340 g/mol. The maximum Gasteiger partial charge on any atom is 0.147 e. The molecule has 2 N–H and O–H groups in total. The lowest BCUT2D eigenvalue weighted by molar-refractivity contribution is 0.00653. The summed E-state index contributed by atoms with van der Waals surface area (Å²) in [6, 6.07) is 0. The SMILES string of the molecule is Cc1cnc(C)c(NCC2CCCCC(CNc3nc(C)cnc3C)O2)n1. The van der Waals surface area contributed by atoms with Gasteiger partial charge in [-0.3, -0.25) is 9.97 Å². The summed E-state index contributed by atoms with van der Waals surface area (Å²) in [4.78, 5) is 17.8. The standard InChI is InChI=1S/C20H30N6O/c1-13-9-21-15(3)19(25-13)23-11-17-7-5-6-8-18(27-17)12-24-20-16(4)22-10-14(2)26-20/h9-10,17-18H,5-8,11-12H2,1-4H3,(H,23,25)(H,24,26). The molecule has 3 rings (SSSR count). The molecule has 2 unspecified atom stereocenters. The van der Waals surface area contributed by atoms with E-state index in [1.54, 1.807) is 12.4 Å². The van der Waals surface area contributed by atoms with Gasteiger partial charge in [-0.25, -0.2) is 9.97 Å². The molecule has 0 amide bonds. The lowest BCUT2D eigenvalue weighted by Gasteiger charge is -2.23. The molecule has 3 heterocycles. The Labute approximate surface area is 161 Å². The Hall–Kier alpha value is -2.28. The molecule has 27 heavy (non-hydrogen) atoms. The number of hydrogen-bond donors (Lipinski definition) is 2. The van der Waals surface area contributed by atoms with Crippen molar-refractivity contribution in [1.29, 1.82) is 0 Å². The topological polar surface area (TPSA) is 84.9 Å². The molecule has 7 nitrogen and oxygen atoms in total. The van der Waals surface area contributed by atoms with Crippen molar-refractivity contribution < 1.29 is 4.74 Å². The molecule has 0 spiro atoms. The van der Waals surface area contributed by atoms with Gasteiger partial charge in [-0.05, 0) is 40.5 Å². The largest absolute Gasteiger partial charge is 0.371 e. The van der Waals surface area contributed by atoms with Crippen LogP contribution in [0.2, 0.25) is 0 Å². The van der Waals surface area contributed by atoms with Gasteiger partial charge in [0, 0.05) is 25.5 Å². The van der Waals surface area contributed by atoms with E-state index < -0.39 is 0 Å². The highest BCUT2D eigenvalue weighted by Crippen LogP contribution is 2.20. The summed E-state index contributed by atoms with van der Waals surface area (Å²) in [6.45, 7) is 9.36. The van der Waals surface area contributed by atoms with Gasteiger partial charge in [0.15, 0.2) is 0 Å². The Bertz CT molecular complexity index is 703. The monoisotopic (exact) mass is 370 g/mol. The maximum absolute atomic E-state index is 6.37. The first-order chi connectivity index (χ1) is 13.0. The molecule has 1 saturated heterocycles. The van der Waals surface area contributed by atoms with E-state index in [1.165, 1.54) is 12.8 Å². The van der Waals surface area contributed by atoms with Crippen LogP contribution in [0.15, 0.2) is 12.4 Å². The first-order valence-corrected chi connectivity index (χ1v) is 9.75. The minimum Gasteiger partial charge on any atom is -0.371 e. The van der Waals surface area contributed by atoms with Crippen molar-refractivity contribution in [2.75, 3.05) is 23.7 Å². The van der Waals surface area contributed by atoms with Crippen molar-refractivity contribution in [3.63, 3.8) is 0 Å². The van der Waals surface area contributed by atoms with Crippen LogP contribution in [0.5, 0.6) is 0 Å². The van der Waals surface area contributed by atoms with E-state index in [9.17, 15) is 0 Å². The van der Waals surface area contributed by atoms with E-state index in [4.69, 9.17) is 4.74 Å². The van der Waals surface area contributed by atoms with E-state index in [1.807, 2.05) is 27.7 Å². The van der Waals surface area contributed by atoms with Gasteiger partial charge >= 0.3 is 0 Å². The summed E-state index contributed by atoms with van der Waals surface area (Å²) in [5.74, 6) is 1.70. The molecule has 2 atom stereocenters. The number of nitrogens with zero attached hydrogens (tertiary/aromatic N) is 4. The fourth-order valence-electron chi connectivity index (χ4n) is 3.28. The third kappa shape index (κ3) is 5.60. The minimum atomic E-state index is 0.172. The normalized spacial score (nSPS) is 20.1. The smallest absolute Gasteiger partial charge is 0.147 e. The number of ether oxygens (including phenoxy) is 1.